The Balaban J connectivity index is 1.64. The normalized spacial score (nSPS) is 19.0. The summed E-state index contributed by atoms with van der Waals surface area (Å²) in [6.07, 6.45) is 6.36. The number of aromatic nitrogens is 2. The van der Waals surface area contributed by atoms with Crippen molar-refractivity contribution in [3.63, 3.8) is 0 Å². The predicted octanol–water partition coefficient (Wildman–Crippen LogP) is 3.06. The number of phenols is 1. The molecule has 0 spiro atoms. The first-order valence-electron chi connectivity index (χ1n) is 7.92. The highest BCUT2D eigenvalue weighted by Crippen LogP contribution is 2.41. The smallest absolute Gasteiger partial charge is 0.251 e. The monoisotopic (exact) mass is 382 g/mol. The number of anilines is 1. The van der Waals surface area contributed by atoms with E-state index in [2.05, 4.69) is 9.82 Å². The zero-order chi connectivity index (χ0) is 17.6. The van der Waals surface area contributed by atoms with Crippen LogP contribution < -0.4 is 9.03 Å². The number of hydrogen-bond donors (Lipinski definition) is 2. The standard InChI is InChI=1S/C16H16ClFN4O2S/c17-16(4-1-5-16)9-21-7-10(6-19-21)11-2-3-12(23)15(14(11)18)22-8-13(24)20-25-22/h2-3,6-7,23H,1,4-5,8-9H2,(H,20,24). The summed E-state index contributed by atoms with van der Waals surface area (Å²) in [6.45, 7) is 0.564. The molecule has 2 aromatic rings. The third-order valence-corrected chi connectivity index (χ3v) is 5.89. The lowest BCUT2D eigenvalue weighted by Gasteiger charge is -2.35. The van der Waals surface area contributed by atoms with Crippen LogP contribution in [0.25, 0.3) is 11.1 Å². The predicted molar refractivity (Wildman–Crippen MR) is 94.8 cm³/mol. The Morgan fingerprint density at radius 1 is 1.44 bits per heavy atom. The molecule has 1 aromatic carbocycles. The van der Waals surface area contributed by atoms with E-state index in [4.69, 9.17) is 11.6 Å². The van der Waals surface area contributed by atoms with Gasteiger partial charge in [0.15, 0.2) is 5.82 Å². The van der Waals surface area contributed by atoms with E-state index in [9.17, 15) is 9.90 Å². The van der Waals surface area contributed by atoms with Gasteiger partial charge in [-0.1, -0.05) is 0 Å². The molecule has 25 heavy (non-hydrogen) atoms. The fraction of sp³-hybridized carbons (Fsp3) is 0.375. The molecule has 9 heteroatoms. The number of phenolic OH excluding ortho intramolecular Hbond substituents is 1. The molecule has 2 fully saturated rings. The Morgan fingerprint density at radius 3 is 2.88 bits per heavy atom. The van der Waals surface area contributed by atoms with Crippen molar-refractivity contribution >= 4 is 35.3 Å². The fourth-order valence-corrected chi connectivity index (χ4v) is 4.15. The van der Waals surface area contributed by atoms with Crippen LogP contribution >= 0.6 is 23.7 Å². The second-order valence-electron chi connectivity index (χ2n) is 6.38. The Bertz CT molecular complexity index is 840. The molecule has 2 N–H and O–H groups in total. The first-order valence-corrected chi connectivity index (χ1v) is 9.07. The lowest BCUT2D eigenvalue weighted by Crippen LogP contribution is -2.35. The first-order chi connectivity index (χ1) is 12.0. The summed E-state index contributed by atoms with van der Waals surface area (Å²) >= 11 is 7.41. The van der Waals surface area contributed by atoms with Gasteiger partial charge in [-0.25, -0.2) is 4.39 Å². The summed E-state index contributed by atoms with van der Waals surface area (Å²) in [7, 11) is 0. The van der Waals surface area contributed by atoms with Crippen molar-refractivity contribution in [3.8, 4) is 16.9 Å². The van der Waals surface area contributed by atoms with Gasteiger partial charge >= 0.3 is 0 Å². The number of rotatable bonds is 4. The summed E-state index contributed by atoms with van der Waals surface area (Å²) < 4.78 is 20.6. The van der Waals surface area contributed by atoms with Crippen LogP contribution in [0.2, 0.25) is 0 Å². The maximum absolute atomic E-state index is 15.0. The Hall–Kier alpha value is -1.93. The number of hydrogen-bond acceptors (Lipinski definition) is 5. The third-order valence-electron chi connectivity index (χ3n) is 4.54. The molecule has 4 rings (SSSR count). The number of aromatic hydroxyl groups is 1. The van der Waals surface area contributed by atoms with Gasteiger partial charge < -0.3 is 5.11 Å². The molecule has 6 nitrogen and oxygen atoms in total. The van der Waals surface area contributed by atoms with Crippen molar-refractivity contribution in [2.45, 2.75) is 30.7 Å². The highest BCUT2D eigenvalue weighted by atomic mass is 35.5. The number of nitrogens with one attached hydrogen (secondary N) is 1. The van der Waals surface area contributed by atoms with Gasteiger partial charge in [-0.15, -0.1) is 11.6 Å². The Labute approximate surface area is 153 Å². The average molecular weight is 383 g/mol. The van der Waals surface area contributed by atoms with Gasteiger partial charge in [0.25, 0.3) is 5.91 Å². The lowest BCUT2D eigenvalue weighted by atomic mass is 9.84. The average Bonchev–Trinajstić information content (AvgIpc) is 3.15. The van der Waals surface area contributed by atoms with Crippen molar-refractivity contribution in [3.05, 3.63) is 30.3 Å². The van der Waals surface area contributed by atoms with E-state index in [-0.39, 0.29) is 28.8 Å². The van der Waals surface area contributed by atoms with E-state index in [1.165, 1.54) is 16.4 Å². The molecule has 2 heterocycles. The maximum atomic E-state index is 15.0. The van der Waals surface area contributed by atoms with Crippen LogP contribution in [0.3, 0.4) is 0 Å². The number of carbonyl (C=O) groups is 1. The number of carbonyl (C=O) groups excluding carboxylic acids is 1. The minimum absolute atomic E-state index is 0.0126. The molecule has 1 saturated heterocycles. The highest BCUT2D eigenvalue weighted by molar-refractivity contribution is 7.99. The van der Waals surface area contributed by atoms with Crippen LogP contribution in [0.15, 0.2) is 24.5 Å². The molecule has 0 atom stereocenters. The molecule has 1 aliphatic carbocycles. The summed E-state index contributed by atoms with van der Waals surface area (Å²) in [6, 6.07) is 2.93. The Kier molecular flexibility index (Phi) is 4.04. The van der Waals surface area contributed by atoms with Gasteiger partial charge in [0.05, 0.1) is 29.7 Å². The van der Waals surface area contributed by atoms with Crippen LogP contribution in [-0.2, 0) is 11.3 Å². The SMILES string of the molecule is O=C1CN(c2c(O)ccc(-c3cnn(CC4(Cl)CCC4)c3)c2F)SN1. The van der Waals surface area contributed by atoms with Gasteiger partial charge in [0.1, 0.15) is 18.0 Å². The second-order valence-corrected chi connectivity index (χ2v) is 8.01. The van der Waals surface area contributed by atoms with Crippen molar-refractivity contribution in [2.75, 3.05) is 10.8 Å². The van der Waals surface area contributed by atoms with E-state index in [1.807, 2.05) is 0 Å². The summed E-state index contributed by atoms with van der Waals surface area (Å²) in [5, 5.41) is 14.3. The van der Waals surface area contributed by atoms with E-state index in [0.29, 0.717) is 17.7 Å². The molecule has 0 bridgehead atoms. The molecule has 1 aliphatic heterocycles. The van der Waals surface area contributed by atoms with Crippen molar-refractivity contribution in [1.82, 2.24) is 14.5 Å². The number of alkyl halides is 1. The minimum Gasteiger partial charge on any atom is -0.506 e. The van der Waals surface area contributed by atoms with Crippen LogP contribution in [0.1, 0.15) is 19.3 Å². The quantitative estimate of drug-likeness (QED) is 0.628. The van der Waals surface area contributed by atoms with Crippen LogP contribution in [-0.4, -0.2) is 32.2 Å². The molecular formula is C16H16ClFN4O2S. The second kappa shape index (κ2) is 6.10. The molecule has 0 unspecified atom stereocenters. The zero-order valence-electron chi connectivity index (χ0n) is 13.2. The largest absolute Gasteiger partial charge is 0.506 e. The summed E-state index contributed by atoms with van der Waals surface area (Å²) in [4.78, 5) is 11.1. The van der Waals surface area contributed by atoms with Gasteiger partial charge in [-0.3, -0.25) is 18.5 Å². The molecule has 1 saturated carbocycles. The highest BCUT2D eigenvalue weighted by Gasteiger charge is 2.35. The van der Waals surface area contributed by atoms with Crippen LogP contribution in [0.5, 0.6) is 5.75 Å². The van der Waals surface area contributed by atoms with E-state index in [1.54, 1.807) is 17.1 Å². The zero-order valence-corrected chi connectivity index (χ0v) is 14.8. The molecule has 132 valence electrons. The first kappa shape index (κ1) is 16.5. The van der Waals surface area contributed by atoms with Crippen molar-refractivity contribution in [2.24, 2.45) is 0 Å². The maximum Gasteiger partial charge on any atom is 0.251 e. The fourth-order valence-electron chi connectivity index (χ4n) is 3.04. The van der Waals surface area contributed by atoms with Crippen molar-refractivity contribution in [1.29, 1.82) is 0 Å². The molecule has 1 amide bonds. The molecular weight excluding hydrogens is 367 g/mol. The number of halogens is 2. The van der Waals surface area contributed by atoms with Gasteiger partial charge in [-0.05, 0) is 31.4 Å². The Morgan fingerprint density at radius 2 is 2.24 bits per heavy atom. The molecule has 2 aliphatic rings. The van der Waals surface area contributed by atoms with E-state index >= 15 is 4.39 Å². The van der Waals surface area contributed by atoms with Gasteiger partial charge in [-0.2, -0.15) is 5.10 Å². The van der Waals surface area contributed by atoms with E-state index in [0.717, 1.165) is 31.4 Å². The number of benzene rings is 1. The third kappa shape index (κ3) is 3.04. The topological polar surface area (TPSA) is 70.4 Å². The lowest BCUT2D eigenvalue weighted by molar-refractivity contribution is -0.117. The van der Waals surface area contributed by atoms with Crippen molar-refractivity contribution < 1.29 is 14.3 Å². The number of amides is 1. The summed E-state index contributed by atoms with van der Waals surface area (Å²) in [5.41, 5.74) is 0.902. The summed E-state index contributed by atoms with van der Waals surface area (Å²) in [5.74, 6) is -1.05. The van der Waals surface area contributed by atoms with Gasteiger partial charge in [0.2, 0.25) is 0 Å². The van der Waals surface area contributed by atoms with Gasteiger partial charge in [0, 0.05) is 17.3 Å². The van der Waals surface area contributed by atoms with E-state index < -0.39 is 5.82 Å². The molecule has 0 radical (unpaired) electrons. The number of nitrogens with zero attached hydrogens (tertiary/aromatic N) is 3. The minimum atomic E-state index is -0.590. The van der Waals surface area contributed by atoms with Crippen LogP contribution in [0.4, 0.5) is 10.1 Å². The van der Waals surface area contributed by atoms with Crippen LogP contribution in [0, 0.1) is 5.82 Å². The molecule has 1 aromatic heterocycles.